The van der Waals surface area contributed by atoms with Crippen LogP contribution in [0.15, 0.2) is 36.9 Å². The third-order valence-corrected chi connectivity index (χ3v) is 6.13. The molecule has 0 unspecified atom stereocenters. The number of nitrogens with zero attached hydrogens (tertiary/aromatic N) is 3. The minimum absolute atomic E-state index is 0.0183. The normalized spacial score (nSPS) is 25.4. The molecule has 3 atom stereocenters. The summed E-state index contributed by atoms with van der Waals surface area (Å²) in [5.74, 6) is 0.0183. The molecule has 2 aliphatic rings. The van der Waals surface area contributed by atoms with E-state index in [1.165, 1.54) is 19.2 Å². The predicted molar refractivity (Wildman–Crippen MR) is 92.6 cm³/mol. The first-order valence-corrected chi connectivity index (χ1v) is 9.03. The lowest BCUT2D eigenvalue weighted by Gasteiger charge is -2.21. The van der Waals surface area contributed by atoms with Gasteiger partial charge >= 0.3 is 0 Å². The molecule has 24 heavy (non-hydrogen) atoms. The van der Waals surface area contributed by atoms with Gasteiger partial charge in [0, 0.05) is 28.4 Å². The van der Waals surface area contributed by atoms with Gasteiger partial charge < -0.3 is 10.6 Å². The van der Waals surface area contributed by atoms with E-state index in [2.05, 4.69) is 20.7 Å². The van der Waals surface area contributed by atoms with Crippen molar-refractivity contribution in [2.24, 2.45) is 0 Å². The third kappa shape index (κ3) is 2.32. The van der Waals surface area contributed by atoms with Crippen LogP contribution in [0.5, 0.6) is 0 Å². The summed E-state index contributed by atoms with van der Waals surface area (Å²) in [5, 5.41) is 13.0. The highest BCUT2D eigenvalue weighted by Gasteiger charge is 2.39. The van der Waals surface area contributed by atoms with E-state index >= 15 is 0 Å². The van der Waals surface area contributed by atoms with E-state index in [-0.39, 0.29) is 11.9 Å². The van der Waals surface area contributed by atoms with Crippen LogP contribution in [0.1, 0.15) is 29.6 Å². The second-order valence-electron chi connectivity index (χ2n) is 6.54. The number of benzene rings is 1. The van der Waals surface area contributed by atoms with Crippen molar-refractivity contribution in [2.45, 2.75) is 37.4 Å². The van der Waals surface area contributed by atoms with Crippen LogP contribution in [-0.2, 0) is 0 Å². The average molecular weight is 339 g/mol. The van der Waals surface area contributed by atoms with Gasteiger partial charge in [0.25, 0.3) is 5.91 Å². The number of fused-ring (bicyclic) bond motifs is 3. The highest BCUT2D eigenvalue weighted by molar-refractivity contribution is 7.21. The fraction of sp³-hybridized carbons (Fsp3) is 0.353. The molecule has 4 heterocycles. The summed E-state index contributed by atoms with van der Waals surface area (Å²) in [6.07, 6.45) is 6.66. The number of hydrogen-bond donors (Lipinski definition) is 2. The van der Waals surface area contributed by atoms with Crippen molar-refractivity contribution in [3.63, 3.8) is 0 Å². The summed E-state index contributed by atoms with van der Waals surface area (Å²) in [4.78, 5) is 16.6. The Kier molecular flexibility index (Phi) is 3.17. The van der Waals surface area contributed by atoms with E-state index in [4.69, 9.17) is 0 Å². The number of amides is 1. The standard InChI is InChI=1S/C17H17N5OS/c23-17(21-14-7-12-2-3-13(14)20-12)10-1-4-15-11(5-10)6-16(24-15)22-9-18-8-19-22/h1,4-6,8-9,12-14,20H,2-3,7H2,(H,21,23)/t12-,13+,14-/m1/s1. The molecule has 1 aromatic carbocycles. The van der Waals surface area contributed by atoms with Gasteiger partial charge in [-0.3, -0.25) is 4.79 Å². The first kappa shape index (κ1) is 14.1. The molecule has 0 saturated carbocycles. The zero-order valence-electron chi connectivity index (χ0n) is 13.0. The molecular weight excluding hydrogens is 322 g/mol. The van der Waals surface area contributed by atoms with Gasteiger partial charge in [0.1, 0.15) is 17.7 Å². The van der Waals surface area contributed by atoms with E-state index in [0.29, 0.717) is 17.6 Å². The Morgan fingerprint density at radius 2 is 2.29 bits per heavy atom. The van der Waals surface area contributed by atoms with Crippen molar-refractivity contribution in [1.29, 1.82) is 0 Å². The predicted octanol–water partition coefficient (Wildman–Crippen LogP) is 2.10. The van der Waals surface area contributed by atoms with Gasteiger partial charge in [-0.05, 0) is 48.9 Å². The summed E-state index contributed by atoms with van der Waals surface area (Å²) < 4.78 is 2.88. The summed E-state index contributed by atoms with van der Waals surface area (Å²) in [5.41, 5.74) is 0.716. The Hall–Kier alpha value is -2.25. The fourth-order valence-corrected chi connectivity index (χ4v) is 4.81. The minimum Gasteiger partial charge on any atom is -0.348 e. The molecule has 1 amide bonds. The Labute approximate surface area is 142 Å². The molecule has 7 heteroatoms. The lowest BCUT2D eigenvalue weighted by Crippen LogP contribution is -2.42. The molecule has 2 aromatic heterocycles. The van der Waals surface area contributed by atoms with Gasteiger partial charge in [-0.1, -0.05) is 0 Å². The molecule has 122 valence electrons. The largest absolute Gasteiger partial charge is 0.348 e. The highest BCUT2D eigenvalue weighted by Crippen LogP contribution is 2.30. The van der Waals surface area contributed by atoms with Crippen LogP contribution in [0.25, 0.3) is 15.1 Å². The molecule has 2 bridgehead atoms. The lowest BCUT2D eigenvalue weighted by atomic mass is 9.95. The zero-order chi connectivity index (χ0) is 16.1. The first-order chi connectivity index (χ1) is 11.8. The Morgan fingerprint density at radius 3 is 3.04 bits per heavy atom. The van der Waals surface area contributed by atoms with E-state index in [9.17, 15) is 4.79 Å². The van der Waals surface area contributed by atoms with Crippen molar-refractivity contribution in [1.82, 2.24) is 25.4 Å². The molecule has 2 aliphatic heterocycles. The van der Waals surface area contributed by atoms with Gasteiger partial charge in [0.2, 0.25) is 0 Å². The Balaban J connectivity index is 1.39. The van der Waals surface area contributed by atoms with Crippen LogP contribution >= 0.6 is 11.3 Å². The molecule has 2 N–H and O–H groups in total. The van der Waals surface area contributed by atoms with Crippen molar-refractivity contribution in [3.8, 4) is 5.00 Å². The van der Waals surface area contributed by atoms with Gasteiger partial charge in [-0.15, -0.1) is 11.3 Å². The van der Waals surface area contributed by atoms with Crippen LogP contribution in [0.2, 0.25) is 0 Å². The molecule has 6 nitrogen and oxygen atoms in total. The minimum atomic E-state index is 0.0183. The van der Waals surface area contributed by atoms with Crippen molar-refractivity contribution in [3.05, 3.63) is 42.5 Å². The van der Waals surface area contributed by atoms with Crippen LogP contribution < -0.4 is 10.6 Å². The van der Waals surface area contributed by atoms with Gasteiger partial charge in [-0.25, -0.2) is 9.67 Å². The van der Waals surface area contributed by atoms with E-state index < -0.39 is 0 Å². The molecule has 3 aromatic rings. The Bertz CT molecular complexity index is 903. The zero-order valence-corrected chi connectivity index (χ0v) is 13.8. The molecule has 5 rings (SSSR count). The summed E-state index contributed by atoms with van der Waals surface area (Å²) >= 11 is 1.64. The summed E-state index contributed by atoms with van der Waals surface area (Å²) in [6, 6.07) is 9.22. The van der Waals surface area contributed by atoms with E-state index in [0.717, 1.165) is 21.5 Å². The second kappa shape index (κ2) is 5.39. The maximum absolute atomic E-state index is 12.6. The maximum atomic E-state index is 12.6. The monoisotopic (exact) mass is 339 g/mol. The molecule has 2 fully saturated rings. The van der Waals surface area contributed by atoms with Crippen LogP contribution in [0, 0.1) is 0 Å². The molecule has 0 spiro atoms. The van der Waals surface area contributed by atoms with Crippen LogP contribution in [-0.4, -0.2) is 38.8 Å². The number of carbonyl (C=O) groups is 1. The molecule has 0 radical (unpaired) electrons. The maximum Gasteiger partial charge on any atom is 0.251 e. The summed E-state index contributed by atoms with van der Waals surface area (Å²) in [7, 11) is 0. The van der Waals surface area contributed by atoms with Crippen molar-refractivity contribution in [2.75, 3.05) is 0 Å². The molecular formula is C17H17N5OS. The fourth-order valence-electron chi connectivity index (χ4n) is 3.84. The first-order valence-electron chi connectivity index (χ1n) is 8.22. The van der Waals surface area contributed by atoms with Gasteiger partial charge in [-0.2, -0.15) is 5.10 Å². The third-order valence-electron chi connectivity index (χ3n) is 5.03. The van der Waals surface area contributed by atoms with Gasteiger partial charge in [0.15, 0.2) is 0 Å². The second-order valence-corrected chi connectivity index (χ2v) is 7.60. The number of thiophene rings is 1. The average Bonchev–Trinajstić information content (AvgIpc) is 3.35. The molecule has 2 saturated heterocycles. The van der Waals surface area contributed by atoms with Crippen LogP contribution in [0.3, 0.4) is 0 Å². The lowest BCUT2D eigenvalue weighted by molar-refractivity contribution is 0.0931. The number of hydrogen-bond acceptors (Lipinski definition) is 5. The van der Waals surface area contributed by atoms with Crippen molar-refractivity contribution >= 4 is 27.3 Å². The quantitative estimate of drug-likeness (QED) is 0.767. The van der Waals surface area contributed by atoms with E-state index in [1.54, 1.807) is 22.3 Å². The van der Waals surface area contributed by atoms with Gasteiger partial charge in [0.05, 0.1) is 0 Å². The smallest absolute Gasteiger partial charge is 0.251 e. The van der Waals surface area contributed by atoms with Crippen molar-refractivity contribution < 1.29 is 4.79 Å². The number of nitrogens with one attached hydrogen (secondary N) is 2. The Morgan fingerprint density at radius 1 is 1.33 bits per heavy atom. The number of carbonyl (C=O) groups excluding carboxylic acids is 1. The topological polar surface area (TPSA) is 71.8 Å². The summed E-state index contributed by atoms with van der Waals surface area (Å²) in [6.45, 7) is 0. The highest BCUT2D eigenvalue weighted by atomic mass is 32.1. The van der Waals surface area contributed by atoms with E-state index in [1.807, 2.05) is 24.3 Å². The van der Waals surface area contributed by atoms with Crippen LogP contribution in [0.4, 0.5) is 0 Å². The molecule has 0 aliphatic carbocycles. The SMILES string of the molecule is O=C(N[C@@H]1C[C@H]2CC[C@@H]1N2)c1ccc2sc(-n3cncn3)cc2c1. The number of rotatable bonds is 3. The number of aromatic nitrogens is 3.